The fourth-order valence-electron chi connectivity index (χ4n) is 4.80. The van der Waals surface area contributed by atoms with Crippen molar-refractivity contribution in [3.8, 4) is 0 Å². The van der Waals surface area contributed by atoms with Crippen molar-refractivity contribution in [3.05, 3.63) is 65.2 Å². The van der Waals surface area contributed by atoms with Crippen LogP contribution in [0.3, 0.4) is 0 Å². The van der Waals surface area contributed by atoms with Gasteiger partial charge >= 0.3 is 0 Å². The lowest BCUT2D eigenvalue weighted by Crippen LogP contribution is -2.44. The van der Waals surface area contributed by atoms with Crippen LogP contribution in [0.4, 0.5) is 0 Å². The minimum Gasteiger partial charge on any atom is -0.339 e. The largest absolute Gasteiger partial charge is 0.339 e. The maximum absolute atomic E-state index is 13.2. The van der Waals surface area contributed by atoms with E-state index in [1.807, 2.05) is 56.4 Å². The molecule has 4 rings (SSSR count). The summed E-state index contributed by atoms with van der Waals surface area (Å²) in [5.41, 5.74) is 3.56. The third-order valence-electron chi connectivity index (χ3n) is 6.97. The zero-order valence-corrected chi connectivity index (χ0v) is 19.3. The number of hydrogen-bond donors (Lipinski definition) is 0. The Balaban J connectivity index is 1.40. The SMILES string of the molecule is CC(c1ccccc1)N(C)C(=O)C1CCN(S(=O)(=O)c2ccc3c(c2)CCCC3)CC1. The van der Waals surface area contributed by atoms with E-state index in [1.54, 1.807) is 15.3 Å². The van der Waals surface area contributed by atoms with E-state index >= 15 is 0 Å². The molecule has 31 heavy (non-hydrogen) atoms. The Kier molecular flexibility index (Phi) is 6.49. The summed E-state index contributed by atoms with van der Waals surface area (Å²) < 4.78 is 28.0. The number of sulfonamides is 1. The molecule has 1 heterocycles. The number of amides is 1. The zero-order valence-electron chi connectivity index (χ0n) is 18.5. The van der Waals surface area contributed by atoms with Gasteiger partial charge in [0.1, 0.15) is 0 Å². The first-order valence-electron chi connectivity index (χ1n) is 11.3. The van der Waals surface area contributed by atoms with Gasteiger partial charge in [-0.2, -0.15) is 4.31 Å². The summed E-state index contributed by atoms with van der Waals surface area (Å²) in [7, 11) is -1.67. The topological polar surface area (TPSA) is 57.7 Å². The van der Waals surface area contributed by atoms with E-state index in [0.29, 0.717) is 30.8 Å². The molecule has 6 heteroatoms. The Labute approximate surface area is 186 Å². The minimum atomic E-state index is -3.52. The standard InChI is InChI=1S/C25H32N2O3S/c1-19(20-8-4-3-5-9-20)26(2)25(28)22-14-16-27(17-15-22)31(29,30)24-13-12-21-10-6-7-11-23(21)18-24/h3-5,8-9,12-13,18-19,22H,6-7,10-11,14-17H2,1-2H3. The second-order valence-corrected chi connectivity index (χ2v) is 10.8. The lowest BCUT2D eigenvalue weighted by Gasteiger charge is -2.34. The number of hydrogen-bond acceptors (Lipinski definition) is 3. The van der Waals surface area contributed by atoms with E-state index in [-0.39, 0.29) is 17.9 Å². The highest BCUT2D eigenvalue weighted by Crippen LogP contribution is 2.30. The van der Waals surface area contributed by atoms with Gasteiger partial charge in [-0.05, 0) is 74.3 Å². The molecular formula is C25H32N2O3S. The molecule has 5 nitrogen and oxygen atoms in total. The molecule has 1 aliphatic carbocycles. The van der Waals surface area contributed by atoms with Gasteiger partial charge in [-0.15, -0.1) is 0 Å². The molecule has 2 aromatic rings. The van der Waals surface area contributed by atoms with Gasteiger partial charge in [0, 0.05) is 26.1 Å². The van der Waals surface area contributed by atoms with Crippen molar-refractivity contribution in [2.45, 2.75) is 56.4 Å². The van der Waals surface area contributed by atoms with Crippen LogP contribution in [-0.4, -0.2) is 43.7 Å². The minimum absolute atomic E-state index is 0.00837. The van der Waals surface area contributed by atoms with Crippen molar-refractivity contribution in [2.24, 2.45) is 5.92 Å². The number of piperidine rings is 1. The predicted molar refractivity (Wildman–Crippen MR) is 122 cm³/mol. The Morgan fingerprint density at radius 2 is 1.65 bits per heavy atom. The number of carbonyl (C=O) groups excluding carboxylic acids is 1. The molecule has 0 N–H and O–H groups in total. The first kappa shape index (κ1) is 22.0. The van der Waals surface area contributed by atoms with Crippen LogP contribution >= 0.6 is 0 Å². The summed E-state index contributed by atoms with van der Waals surface area (Å²) in [5, 5.41) is 0. The van der Waals surface area contributed by atoms with E-state index in [2.05, 4.69) is 0 Å². The highest BCUT2D eigenvalue weighted by atomic mass is 32.2. The second-order valence-electron chi connectivity index (χ2n) is 8.85. The molecular weight excluding hydrogens is 408 g/mol. The highest BCUT2D eigenvalue weighted by Gasteiger charge is 2.34. The quantitative estimate of drug-likeness (QED) is 0.701. The monoisotopic (exact) mass is 440 g/mol. The molecule has 2 aromatic carbocycles. The molecule has 1 amide bonds. The predicted octanol–water partition coefficient (Wildman–Crippen LogP) is 4.19. The van der Waals surface area contributed by atoms with E-state index in [9.17, 15) is 13.2 Å². The molecule has 0 radical (unpaired) electrons. The number of carbonyl (C=O) groups is 1. The van der Waals surface area contributed by atoms with Gasteiger partial charge in [-0.3, -0.25) is 4.79 Å². The number of aryl methyl sites for hydroxylation is 2. The van der Waals surface area contributed by atoms with Crippen LogP contribution in [0.15, 0.2) is 53.4 Å². The van der Waals surface area contributed by atoms with Crippen molar-refractivity contribution in [3.63, 3.8) is 0 Å². The van der Waals surface area contributed by atoms with Crippen LogP contribution in [0.1, 0.15) is 55.3 Å². The Bertz CT molecular complexity index is 1030. The Morgan fingerprint density at radius 1 is 1.00 bits per heavy atom. The molecule has 1 atom stereocenters. The summed E-state index contributed by atoms with van der Waals surface area (Å²) >= 11 is 0. The summed E-state index contributed by atoms with van der Waals surface area (Å²) in [6, 6.07) is 15.6. The molecule has 2 aliphatic rings. The van der Waals surface area contributed by atoms with E-state index in [1.165, 1.54) is 17.5 Å². The molecule has 1 unspecified atom stereocenters. The smallest absolute Gasteiger partial charge is 0.243 e. The van der Waals surface area contributed by atoms with Crippen molar-refractivity contribution in [1.29, 1.82) is 0 Å². The average Bonchev–Trinajstić information content (AvgIpc) is 2.83. The molecule has 0 saturated carbocycles. The fraction of sp³-hybridized carbons (Fsp3) is 0.480. The van der Waals surface area contributed by atoms with Gasteiger partial charge in [0.2, 0.25) is 15.9 Å². The van der Waals surface area contributed by atoms with E-state index in [0.717, 1.165) is 24.8 Å². The third-order valence-corrected chi connectivity index (χ3v) is 8.87. The third kappa shape index (κ3) is 4.55. The van der Waals surface area contributed by atoms with Gasteiger partial charge in [0.05, 0.1) is 10.9 Å². The average molecular weight is 441 g/mol. The maximum atomic E-state index is 13.2. The normalized spacial score (nSPS) is 18.9. The number of fused-ring (bicyclic) bond motifs is 1. The highest BCUT2D eigenvalue weighted by molar-refractivity contribution is 7.89. The lowest BCUT2D eigenvalue weighted by atomic mass is 9.92. The van der Waals surface area contributed by atoms with Gasteiger partial charge in [0.15, 0.2) is 0 Å². The maximum Gasteiger partial charge on any atom is 0.243 e. The van der Waals surface area contributed by atoms with Crippen LogP contribution in [-0.2, 0) is 27.7 Å². The first-order chi connectivity index (χ1) is 14.9. The zero-order chi connectivity index (χ0) is 22.0. The lowest BCUT2D eigenvalue weighted by molar-refractivity contribution is -0.137. The molecule has 166 valence electrons. The van der Waals surface area contributed by atoms with E-state index < -0.39 is 10.0 Å². The van der Waals surface area contributed by atoms with Crippen LogP contribution in [0.5, 0.6) is 0 Å². The van der Waals surface area contributed by atoms with Gasteiger partial charge in [-0.25, -0.2) is 8.42 Å². The number of benzene rings is 2. The van der Waals surface area contributed by atoms with Crippen molar-refractivity contribution in [2.75, 3.05) is 20.1 Å². The number of rotatable bonds is 5. The fourth-order valence-corrected chi connectivity index (χ4v) is 6.32. The van der Waals surface area contributed by atoms with Gasteiger partial charge < -0.3 is 4.90 Å². The van der Waals surface area contributed by atoms with Crippen molar-refractivity contribution in [1.82, 2.24) is 9.21 Å². The Hall–Kier alpha value is -2.18. The van der Waals surface area contributed by atoms with Crippen LogP contribution in [0.25, 0.3) is 0 Å². The van der Waals surface area contributed by atoms with Crippen LogP contribution in [0.2, 0.25) is 0 Å². The van der Waals surface area contributed by atoms with Gasteiger partial charge in [-0.1, -0.05) is 36.4 Å². The summed E-state index contributed by atoms with van der Waals surface area (Å²) in [4.78, 5) is 15.3. The molecule has 0 bridgehead atoms. The molecule has 0 spiro atoms. The Morgan fingerprint density at radius 3 is 2.32 bits per heavy atom. The molecule has 1 fully saturated rings. The summed E-state index contributed by atoms with van der Waals surface area (Å²) in [5.74, 6) is -0.0340. The van der Waals surface area contributed by atoms with E-state index in [4.69, 9.17) is 0 Å². The first-order valence-corrected chi connectivity index (χ1v) is 12.8. The van der Waals surface area contributed by atoms with Gasteiger partial charge in [0.25, 0.3) is 0 Å². The van der Waals surface area contributed by atoms with Crippen molar-refractivity contribution < 1.29 is 13.2 Å². The van der Waals surface area contributed by atoms with Crippen molar-refractivity contribution >= 4 is 15.9 Å². The number of nitrogens with zero attached hydrogens (tertiary/aromatic N) is 2. The summed E-state index contributed by atoms with van der Waals surface area (Å²) in [6.45, 7) is 2.82. The molecule has 0 aromatic heterocycles. The molecule has 1 aliphatic heterocycles. The molecule has 1 saturated heterocycles. The van der Waals surface area contributed by atoms with Crippen LogP contribution < -0.4 is 0 Å². The summed E-state index contributed by atoms with van der Waals surface area (Å²) in [6.07, 6.45) is 5.43. The second kappa shape index (κ2) is 9.13. The van der Waals surface area contributed by atoms with Crippen LogP contribution in [0, 0.1) is 5.92 Å².